The number of primary amides is 1. The topological polar surface area (TPSA) is 70.9 Å². The van der Waals surface area contributed by atoms with E-state index in [1.807, 2.05) is 13.0 Å². The Bertz CT molecular complexity index is 651. The molecule has 2 aromatic rings. The van der Waals surface area contributed by atoms with Crippen LogP contribution in [0.1, 0.15) is 39.5 Å². The van der Waals surface area contributed by atoms with Crippen molar-refractivity contribution < 1.29 is 4.79 Å². The van der Waals surface area contributed by atoms with Crippen molar-refractivity contribution in [1.29, 1.82) is 0 Å². The number of fused-ring (bicyclic) bond motifs is 1. The second-order valence-corrected chi connectivity index (χ2v) is 5.38. The van der Waals surface area contributed by atoms with Crippen molar-refractivity contribution in [1.82, 2.24) is 10.3 Å². The highest BCUT2D eigenvalue weighted by molar-refractivity contribution is 6.07. The van der Waals surface area contributed by atoms with Crippen LogP contribution in [-0.2, 0) is 0 Å². The zero-order valence-corrected chi connectivity index (χ0v) is 11.3. The SMILES string of the molecule is Cc1[nH]c2c(C(N)=O)ccc([C@H]3CCNC3)c2c1C. The first-order chi connectivity index (χ1) is 9.09. The molecule has 1 atom stereocenters. The smallest absolute Gasteiger partial charge is 0.250 e. The lowest BCUT2D eigenvalue weighted by atomic mass is 9.91. The van der Waals surface area contributed by atoms with Crippen LogP contribution >= 0.6 is 0 Å². The maximum Gasteiger partial charge on any atom is 0.250 e. The molecule has 1 aliphatic rings. The fourth-order valence-corrected chi connectivity index (χ4v) is 3.09. The number of nitrogens with one attached hydrogen (secondary N) is 2. The number of aromatic amines is 1. The third kappa shape index (κ3) is 1.83. The van der Waals surface area contributed by atoms with Crippen molar-refractivity contribution in [3.63, 3.8) is 0 Å². The fourth-order valence-electron chi connectivity index (χ4n) is 3.09. The van der Waals surface area contributed by atoms with Crippen molar-refractivity contribution in [2.45, 2.75) is 26.2 Å². The van der Waals surface area contributed by atoms with E-state index < -0.39 is 0 Å². The standard InChI is InChI=1S/C15H19N3O/c1-8-9(2)18-14-12(15(16)19)4-3-11(13(8)14)10-5-6-17-7-10/h3-4,10,17-18H,5-7H2,1-2H3,(H2,16,19)/t10-/m0/s1. The number of carbonyl (C=O) groups excluding carboxylic acids is 1. The Kier molecular flexibility index (Phi) is 2.82. The van der Waals surface area contributed by atoms with Gasteiger partial charge in [0.25, 0.3) is 5.91 Å². The Morgan fingerprint density at radius 3 is 2.79 bits per heavy atom. The normalized spacial score (nSPS) is 19.2. The fraction of sp³-hybridized carbons (Fsp3) is 0.400. The van der Waals surface area contributed by atoms with Crippen LogP contribution in [0.5, 0.6) is 0 Å². The van der Waals surface area contributed by atoms with Crippen LogP contribution in [0.3, 0.4) is 0 Å². The molecule has 0 unspecified atom stereocenters. The van der Waals surface area contributed by atoms with E-state index in [0.29, 0.717) is 11.5 Å². The predicted molar refractivity (Wildman–Crippen MR) is 76.5 cm³/mol. The first-order valence-corrected chi connectivity index (χ1v) is 6.72. The van der Waals surface area contributed by atoms with Gasteiger partial charge >= 0.3 is 0 Å². The van der Waals surface area contributed by atoms with E-state index in [-0.39, 0.29) is 5.91 Å². The van der Waals surface area contributed by atoms with Gasteiger partial charge in [0, 0.05) is 17.6 Å². The molecule has 1 aromatic heterocycles. The van der Waals surface area contributed by atoms with Gasteiger partial charge in [-0.15, -0.1) is 0 Å². The van der Waals surface area contributed by atoms with Crippen LogP contribution in [0.2, 0.25) is 0 Å². The van der Waals surface area contributed by atoms with E-state index in [4.69, 9.17) is 5.73 Å². The maximum atomic E-state index is 11.6. The average Bonchev–Trinajstić information content (AvgIpc) is 2.98. The summed E-state index contributed by atoms with van der Waals surface area (Å²) in [5.74, 6) is 0.153. The molecule has 0 spiro atoms. The van der Waals surface area contributed by atoms with E-state index in [0.717, 1.165) is 30.7 Å². The molecular formula is C15H19N3O. The molecule has 1 saturated heterocycles. The summed E-state index contributed by atoms with van der Waals surface area (Å²) >= 11 is 0. The van der Waals surface area contributed by atoms with Gasteiger partial charge in [-0.3, -0.25) is 4.79 Å². The van der Waals surface area contributed by atoms with E-state index in [1.54, 1.807) is 0 Å². The Morgan fingerprint density at radius 2 is 2.16 bits per heavy atom. The minimum atomic E-state index is -0.373. The number of benzene rings is 1. The Labute approximate surface area is 112 Å². The van der Waals surface area contributed by atoms with Crippen LogP contribution in [0, 0.1) is 13.8 Å². The van der Waals surface area contributed by atoms with Gasteiger partial charge in [0.15, 0.2) is 0 Å². The monoisotopic (exact) mass is 257 g/mol. The van der Waals surface area contributed by atoms with Gasteiger partial charge in [0.2, 0.25) is 0 Å². The van der Waals surface area contributed by atoms with Gasteiger partial charge in [-0.05, 0) is 49.9 Å². The quantitative estimate of drug-likeness (QED) is 0.769. The van der Waals surface area contributed by atoms with Crippen LogP contribution in [0.4, 0.5) is 0 Å². The number of aryl methyl sites for hydroxylation is 2. The highest BCUT2D eigenvalue weighted by Crippen LogP contribution is 2.34. The molecule has 1 amide bonds. The zero-order valence-electron chi connectivity index (χ0n) is 11.3. The van der Waals surface area contributed by atoms with Crippen LogP contribution in [0.25, 0.3) is 10.9 Å². The second kappa shape index (κ2) is 4.38. The maximum absolute atomic E-state index is 11.6. The van der Waals surface area contributed by atoms with Crippen molar-refractivity contribution in [3.05, 3.63) is 34.5 Å². The number of hydrogen-bond donors (Lipinski definition) is 3. The molecule has 4 nitrogen and oxygen atoms in total. The summed E-state index contributed by atoms with van der Waals surface area (Å²) in [6, 6.07) is 3.92. The Morgan fingerprint density at radius 1 is 1.37 bits per heavy atom. The summed E-state index contributed by atoms with van der Waals surface area (Å²) in [7, 11) is 0. The van der Waals surface area contributed by atoms with Crippen molar-refractivity contribution in [2.24, 2.45) is 5.73 Å². The van der Waals surface area contributed by atoms with Crippen LogP contribution in [-0.4, -0.2) is 24.0 Å². The number of amides is 1. The van der Waals surface area contributed by atoms with Crippen LogP contribution in [0.15, 0.2) is 12.1 Å². The van der Waals surface area contributed by atoms with Gasteiger partial charge in [0.1, 0.15) is 0 Å². The van der Waals surface area contributed by atoms with Gasteiger partial charge in [-0.1, -0.05) is 6.07 Å². The van der Waals surface area contributed by atoms with Crippen molar-refractivity contribution >= 4 is 16.8 Å². The molecule has 0 aliphatic carbocycles. The third-order valence-corrected chi connectivity index (χ3v) is 4.25. The lowest BCUT2D eigenvalue weighted by molar-refractivity contribution is 0.100. The summed E-state index contributed by atoms with van der Waals surface area (Å²) in [5, 5.41) is 4.58. The third-order valence-electron chi connectivity index (χ3n) is 4.25. The number of H-pyrrole nitrogens is 1. The van der Waals surface area contributed by atoms with Crippen molar-refractivity contribution in [2.75, 3.05) is 13.1 Å². The summed E-state index contributed by atoms with van der Waals surface area (Å²) in [4.78, 5) is 14.9. The molecular weight excluding hydrogens is 238 g/mol. The number of carbonyl (C=O) groups is 1. The lowest BCUT2D eigenvalue weighted by Gasteiger charge is -2.12. The first kappa shape index (κ1) is 12.2. The molecule has 1 fully saturated rings. The molecule has 1 aliphatic heterocycles. The van der Waals surface area contributed by atoms with E-state index >= 15 is 0 Å². The number of nitrogens with two attached hydrogens (primary N) is 1. The minimum absolute atomic E-state index is 0.373. The number of hydrogen-bond acceptors (Lipinski definition) is 2. The van der Waals surface area contributed by atoms with Gasteiger partial charge in [-0.2, -0.15) is 0 Å². The lowest BCUT2D eigenvalue weighted by Crippen LogP contribution is -2.13. The molecule has 1 aromatic carbocycles. The highest BCUT2D eigenvalue weighted by atomic mass is 16.1. The minimum Gasteiger partial charge on any atom is -0.366 e. The van der Waals surface area contributed by atoms with Gasteiger partial charge in [0.05, 0.1) is 11.1 Å². The summed E-state index contributed by atoms with van der Waals surface area (Å²) in [6.07, 6.45) is 1.15. The number of aromatic nitrogens is 1. The first-order valence-electron chi connectivity index (χ1n) is 6.72. The van der Waals surface area contributed by atoms with Gasteiger partial charge < -0.3 is 16.0 Å². The molecule has 3 rings (SSSR count). The molecule has 0 bridgehead atoms. The van der Waals surface area contributed by atoms with Gasteiger partial charge in [-0.25, -0.2) is 0 Å². The summed E-state index contributed by atoms with van der Waals surface area (Å²) in [5.41, 5.74) is 10.6. The van der Waals surface area contributed by atoms with Crippen LogP contribution < -0.4 is 11.1 Å². The van der Waals surface area contributed by atoms with Crippen molar-refractivity contribution in [3.8, 4) is 0 Å². The molecule has 2 heterocycles. The predicted octanol–water partition coefficient (Wildman–Crippen LogP) is 1.96. The molecule has 4 heteroatoms. The Hall–Kier alpha value is -1.81. The molecule has 0 saturated carbocycles. The summed E-state index contributed by atoms with van der Waals surface area (Å²) < 4.78 is 0. The second-order valence-electron chi connectivity index (χ2n) is 5.38. The number of rotatable bonds is 2. The zero-order chi connectivity index (χ0) is 13.6. The molecule has 100 valence electrons. The average molecular weight is 257 g/mol. The van der Waals surface area contributed by atoms with E-state index in [1.165, 1.54) is 16.5 Å². The molecule has 4 N–H and O–H groups in total. The van der Waals surface area contributed by atoms with E-state index in [2.05, 4.69) is 23.3 Å². The summed E-state index contributed by atoms with van der Waals surface area (Å²) in [6.45, 7) is 6.21. The molecule has 19 heavy (non-hydrogen) atoms. The van der Waals surface area contributed by atoms with E-state index in [9.17, 15) is 4.79 Å². The largest absolute Gasteiger partial charge is 0.366 e. The highest BCUT2D eigenvalue weighted by Gasteiger charge is 2.23. The Balaban J connectivity index is 2.29. The molecule has 0 radical (unpaired) electrons.